The van der Waals surface area contributed by atoms with Gasteiger partial charge in [0.15, 0.2) is 5.78 Å². The van der Waals surface area contributed by atoms with Crippen molar-refractivity contribution >= 4 is 5.78 Å². The number of Topliss-reactive ketones (excluding diaryl/α,β-unsaturated/α-hetero) is 1. The van der Waals surface area contributed by atoms with E-state index in [4.69, 9.17) is 4.74 Å². The molecule has 2 unspecified atom stereocenters. The first-order chi connectivity index (χ1) is 9.13. The standard InChI is InChI=1S/C15H18FNO2/c1-10-5-11(7-12(16)6-10)15(18)14-8-17-4-2-3-13(17)9-19-14/h5-7,13-14H,2-4,8-9H2,1H3. The van der Waals surface area contributed by atoms with Gasteiger partial charge in [-0.3, -0.25) is 9.69 Å². The summed E-state index contributed by atoms with van der Waals surface area (Å²) in [5.74, 6) is -0.467. The maximum Gasteiger partial charge on any atom is 0.192 e. The van der Waals surface area contributed by atoms with Gasteiger partial charge in [-0.25, -0.2) is 4.39 Å². The summed E-state index contributed by atoms with van der Waals surface area (Å²) in [5, 5.41) is 0. The summed E-state index contributed by atoms with van der Waals surface area (Å²) >= 11 is 0. The summed E-state index contributed by atoms with van der Waals surface area (Å²) in [4.78, 5) is 14.7. The van der Waals surface area contributed by atoms with Crippen LogP contribution in [0.4, 0.5) is 4.39 Å². The molecule has 0 N–H and O–H groups in total. The smallest absolute Gasteiger partial charge is 0.192 e. The van der Waals surface area contributed by atoms with Crippen LogP contribution in [0.25, 0.3) is 0 Å². The number of ether oxygens (including phenoxy) is 1. The molecule has 0 aromatic heterocycles. The number of nitrogens with zero attached hydrogens (tertiary/aromatic N) is 1. The molecular formula is C15H18FNO2. The lowest BCUT2D eigenvalue weighted by Crippen LogP contribution is -2.49. The van der Waals surface area contributed by atoms with Gasteiger partial charge in [0, 0.05) is 18.2 Å². The van der Waals surface area contributed by atoms with Crippen molar-refractivity contribution < 1.29 is 13.9 Å². The molecule has 2 aliphatic rings. The van der Waals surface area contributed by atoms with Crippen molar-refractivity contribution in [2.45, 2.75) is 31.9 Å². The van der Waals surface area contributed by atoms with Crippen LogP contribution in [0.2, 0.25) is 0 Å². The van der Waals surface area contributed by atoms with Crippen molar-refractivity contribution in [2.75, 3.05) is 19.7 Å². The van der Waals surface area contributed by atoms with E-state index in [1.165, 1.54) is 18.6 Å². The molecular weight excluding hydrogens is 245 g/mol. The Morgan fingerprint density at radius 1 is 1.42 bits per heavy atom. The predicted molar refractivity (Wildman–Crippen MR) is 69.8 cm³/mol. The molecule has 0 saturated carbocycles. The minimum Gasteiger partial charge on any atom is -0.367 e. The first kappa shape index (κ1) is 12.8. The van der Waals surface area contributed by atoms with E-state index < -0.39 is 6.10 Å². The minimum atomic E-state index is -0.449. The van der Waals surface area contributed by atoms with Crippen molar-refractivity contribution in [1.29, 1.82) is 0 Å². The zero-order valence-corrected chi connectivity index (χ0v) is 11.1. The van der Waals surface area contributed by atoms with Crippen LogP contribution in [0.5, 0.6) is 0 Å². The molecule has 2 heterocycles. The predicted octanol–water partition coefficient (Wildman–Crippen LogP) is 2.18. The van der Waals surface area contributed by atoms with Crippen LogP contribution in [-0.2, 0) is 4.74 Å². The Kier molecular flexibility index (Phi) is 3.37. The van der Waals surface area contributed by atoms with Gasteiger partial charge in [0.1, 0.15) is 11.9 Å². The highest BCUT2D eigenvalue weighted by Gasteiger charge is 2.35. The van der Waals surface area contributed by atoms with Gasteiger partial charge in [-0.2, -0.15) is 0 Å². The molecule has 2 atom stereocenters. The Balaban J connectivity index is 1.76. The molecule has 0 aliphatic carbocycles. The van der Waals surface area contributed by atoms with E-state index >= 15 is 0 Å². The van der Waals surface area contributed by atoms with Gasteiger partial charge < -0.3 is 4.74 Å². The fourth-order valence-electron chi connectivity index (χ4n) is 3.04. The van der Waals surface area contributed by atoms with Gasteiger partial charge in [0.2, 0.25) is 0 Å². The molecule has 4 heteroatoms. The first-order valence-corrected chi connectivity index (χ1v) is 6.80. The Hall–Kier alpha value is -1.26. The zero-order chi connectivity index (χ0) is 13.4. The molecule has 102 valence electrons. The number of rotatable bonds is 2. The van der Waals surface area contributed by atoms with E-state index in [-0.39, 0.29) is 11.6 Å². The van der Waals surface area contributed by atoms with E-state index in [1.54, 1.807) is 13.0 Å². The fourth-order valence-corrected chi connectivity index (χ4v) is 3.04. The first-order valence-electron chi connectivity index (χ1n) is 6.80. The Morgan fingerprint density at radius 3 is 3.05 bits per heavy atom. The van der Waals surface area contributed by atoms with Crippen LogP contribution in [0, 0.1) is 12.7 Å². The average Bonchev–Trinajstić information content (AvgIpc) is 2.83. The van der Waals surface area contributed by atoms with Gasteiger partial charge in [-0.15, -0.1) is 0 Å². The van der Waals surface area contributed by atoms with Crippen molar-refractivity contribution in [3.63, 3.8) is 0 Å². The highest BCUT2D eigenvalue weighted by atomic mass is 19.1. The monoisotopic (exact) mass is 263 g/mol. The fraction of sp³-hybridized carbons (Fsp3) is 0.533. The van der Waals surface area contributed by atoms with Crippen LogP contribution in [0.3, 0.4) is 0 Å². The van der Waals surface area contributed by atoms with Crippen molar-refractivity contribution in [1.82, 2.24) is 4.90 Å². The molecule has 0 radical (unpaired) electrons. The van der Waals surface area contributed by atoms with Crippen molar-refractivity contribution in [3.05, 3.63) is 35.1 Å². The van der Waals surface area contributed by atoms with Crippen molar-refractivity contribution in [3.8, 4) is 0 Å². The van der Waals surface area contributed by atoms with Gasteiger partial charge in [-0.1, -0.05) is 0 Å². The molecule has 1 aromatic carbocycles. The Morgan fingerprint density at radius 2 is 2.26 bits per heavy atom. The van der Waals surface area contributed by atoms with E-state index in [2.05, 4.69) is 4.90 Å². The molecule has 0 amide bonds. The van der Waals surface area contributed by atoms with Crippen LogP contribution in [0.1, 0.15) is 28.8 Å². The maximum atomic E-state index is 13.4. The Bertz CT molecular complexity index is 483. The number of hydrogen-bond donors (Lipinski definition) is 0. The Labute approximate surface area is 112 Å². The molecule has 2 aliphatic heterocycles. The normalized spacial score (nSPS) is 27.3. The molecule has 0 spiro atoms. The lowest BCUT2D eigenvalue weighted by Gasteiger charge is -2.34. The lowest BCUT2D eigenvalue weighted by atomic mass is 10.0. The van der Waals surface area contributed by atoms with Gasteiger partial charge in [-0.05, 0) is 50.1 Å². The third-order valence-electron chi connectivity index (χ3n) is 4.01. The highest BCUT2D eigenvalue weighted by Crippen LogP contribution is 2.24. The van der Waals surface area contributed by atoms with E-state index in [9.17, 15) is 9.18 Å². The second kappa shape index (κ2) is 5.02. The topological polar surface area (TPSA) is 29.5 Å². The van der Waals surface area contributed by atoms with Crippen LogP contribution in [0.15, 0.2) is 18.2 Å². The molecule has 3 rings (SSSR count). The average molecular weight is 263 g/mol. The number of fused-ring (bicyclic) bond motifs is 1. The van der Waals surface area contributed by atoms with Gasteiger partial charge in [0.05, 0.1) is 6.61 Å². The summed E-state index contributed by atoms with van der Waals surface area (Å²) in [6.45, 7) is 4.09. The largest absolute Gasteiger partial charge is 0.367 e. The van der Waals surface area contributed by atoms with Gasteiger partial charge >= 0.3 is 0 Å². The quantitative estimate of drug-likeness (QED) is 0.766. The molecule has 3 nitrogen and oxygen atoms in total. The summed E-state index contributed by atoms with van der Waals surface area (Å²) in [6.07, 6.45) is 1.88. The number of hydrogen-bond acceptors (Lipinski definition) is 3. The summed E-state index contributed by atoms with van der Waals surface area (Å²) in [5.41, 5.74) is 1.18. The summed E-state index contributed by atoms with van der Waals surface area (Å²) in [6, 6.07) is 4.92. The number of aryl methyl sites for hydroxylation is 1. The van der Waals surface area contributed by atoms with Gasteiger partial charge in [0.25, 0.3) is 0 Å². The number of carbonyl (C=O) groups is 1. The highest BCUT2D eigenvalue weighted by molar-refractivity contribution is 5.99. The molecule has 19 heavy (non-hydrogen) atoms. The summed E-state index contributed by atoms with van der Waals surface area (Å²) < 4.78 is 19.0. The van der Waals surface area contributed by atoms with E-state index in [1.807, 2.05) is 0 Å². The van der Waals surface area contributed by atoms with Crippen molar-refractivity contribution in [2.24, 2.45) is 0 Å². The minimum absolute atomic E-state index is 0.104. The molecule has 2 fully saturated rings. The molecule has 0 bridgehead atoms. The molecule has 2 saturated heterocycles. The maximum absolute atomic E-state index is 13.4. The number of ketones is 1. The third kappa shape index (κ3) is 2.55. The number of benzene rings is 1. The van der Waals surface area contributed by atoms with Crippen LogP contribution < -0.4 is 0 Å². The molecule has 1 aromatic rings. The van der Waals surface area contributed by atoms with E-state index in [0.29, 0.717) is 24.8 Å². The van der Waals surface area contributed by atoms with Crippen LogP contribution in [-0.4, -0.2) is 42.5 Å². The number of carbonyl (C=O) groups excluding carboxylic acids is 1. The van der Waals surface area contributed by atoms with Crippen LogP contribution >= 0.6 is 0 Å². The third-order valence-corrected chi connectivity index (χ3v) is 4.01. The lowest BCUT2D eigenvalue weighted by molar-refractivity contribution is -0.0344. The SMILES string of the molecule is Cc1cc(F)cc(C(=O)C2CN3CCCC3CO2)c1. The van der Waals surface area contributed by atoms with E-state index in [0.717, 1.165) is 18.5 Å². The second-order valence-electron chi connectivity index (χ2n) is 5.49. The zero-order valence-electron chi connectivity index (χ0n) is 11.1. The second-order valence-corrected chi connectivity index (χ2v) is 5.49. The summed E-state index contributed by atoms with van der Waals surface area (Å²) in [7, 11) is 0. The number of morpholine rings is 1. The number of halogens is 1.